The Labute approximate surface area is 105 Å². The predicted octanol–water partition coefficient (Wildman–Crippen LogP) is 2.25. The molecule has 0 bridgehead atoms. The van der Waals surface area contributed by atoms with Crippen molar-refractivity contribution in [3.63, 3.8) is 0 Å². The standard InChI is InChI=1S/C13H15FN4/c14-11-8-16-13(17-9-11)18-12-5-1-3-10(7-12)4-2-6-15/h1,3,5,7-9H,2,4,6,15H2,(H,16,17,18). The van der Waals surface area contributed by atoms with Gasteiger partial charge in [-0.2, -0.15) is 0 Å². The Hall–Kier alpha value is -2.01. The summed E-state index contributed by atoms with van der Waals surface area (Å²) in [5.41, 5.74) is 7.57. The van der Waals surface area contributed by atoms with Crippen LogP contribution in [0.15, 0.2) is 36.7 Å². The molecule has 0 saturated carbocycles. The first kappa shape index (κ1) is 12.4. The molecule has 0 aliphatic rings. The van der Waals surface area contributed by atoms with E-state index in [1.807, 2.05) is 24.3 Å². The second-order valence-electron chi connectivity index (χ2n) is 3.94. The summed E-state index contributed by atoms with van der Waals surface area (Å²) >= 11 is 0. The molecule has 0 saturated heterocycles. The maximum Gasteiger partial charge on any atom is 0.227 e. The molecule has 0 atom stereocenters. The highest BCUT2D eigenvalue weighted by Crippen LogP contribution is 2.15. The van der Waals surface area contributed by atoms with Crippen molar-refractivity contribution in [2.75, 3.05) is 11.9 Å². The van der Waals surface area contributed by atoms with Gasteiger partial charge >= 0.3 is 0 Å². The van der Waals surface area contributed by atoms with E-state index in [2.05, 4.69) is 15.3 Å². The minimum Gasteiger partial charge on any atom is -0.330 e. The summed E-state index contributed by atoms with van der Waals surface area (Å²) in [6.45, 7) is 0.679. The van der Waals surface area contributed by atoms with Crippen LogP contribution in [0.1, 0.15) is 12.0 Å². The van der Waals surface area contributed by atoms with Gasteiger partial charge in [-0.1, -0.05) is 12.1 Å². The third kappa shape index (κ3) is 3.49. The Morgan fingerprint density at radius 1 is 1.22 bits per heavy atom. The fourth-order valence-corrected chi connectivity index (χ4v) is 1.62. The Balaban J connectivity index is 2.06. The van der Waals surface area contributed by atoms with E-state index in [0.717, 1.165) is 30.9 Å². The van der Waals surface area contributed by atoms with Gasteiger partial charge in [-0.3, -0.25) is 0 Å². The van der Waals surface area contributed by atoms with Crippen LogP contribution in [-0.4, -0.2) is 16.5 Å². The minimum atomic E-state index is -0.447. The topological polar surface area (TPSA) is 63.8 Å². The molecule has 4 nitrogen and oxygen atoms in total. The van der Waals surface area contributed by atoms with E-state index in [1.54, 1.807) is 0 Å². The Bertz CT molecular complexity index is 499. The molecule has 2 aromatic rings. The Kier molecular flexibility index (Phi) is 4.20. The SMILES string of the molecule is NCCCc1cccc(Nc2ncc(F)cn2)c1. The molecule has 3 N–H and O–H groups in total. The molecule has 0 unspecified atom stereocenters. The first-order valence-electron chi connectivity index (χ1n) is 5.81. The monoisotopic (exact) mass is 246 g/mol. The van der Waals surface area contributed by atoms with Gasteiger partial charge in [0.05, 0.1) is 12.4 Å². The molecule has 0 spiro atoms. The number of nitrogens with two attached hydrogens (primary N) is 1. The largest absolute Gasteiger partial charge is 0.330 e. The molecule has 0 aliphatic carbocycles. The van der Waals surface area contributed by atoms with Gasteiger partial charge < -0.3 is 11.1 Å². The minimum absolute atomic E-state index is 0.382. The molecule has 5 heteroatoms. The van der Waals surface area contributed by atoms with Crippen molar-refractivity contribution in [2.24, 2.45) is 5.73 Å². The molecule has 2 rings (SSSR count). The lowest BCUT2D eigenvalue weighted by atomic mass is 10.1. The van der Waals surface area contributed by atoms with Crippen molar-refractivity contribution in [2.45, 2.75) is 12.8 Å². The summed E-state index contributed by atoms with van der Waals surface area (Å²) in [6.07, 6.45) is 4.16. The van der Waals surface area contributed by atoms with Gasteiger partial charge in [0, 0.05) is 5.69 Å². The molecule has 0 amide bonds. The van der Waals surface area contributed by atoms with Crippen LogP contribution in [0.5, 0.6) is 0 Å². The molecule has 1 heterocycles. The van der Waals surface area contributed by atoms with Gasteiger partial charge in [-0.05, 0) is 37.1 Å². The number of nitrogens with one attached hydrogen (secondary N) is 1. The summed E-state index contributed by atoms with van der Waals surface area (Å²) in [4.78, 5) is 7.70. The zero-order chi connectivity index (χ0) is 12.8. The van der Waals surface area contributed by atoms with Gasteiger partial charge in [-0.25, -0.2) is 14.4 Å². The maximum absolute atomic E-state index is 12.7. The number of benzene rings is 1. The summed E-state index contributed by atoms with van der Waals surface area (Å²) in [5, 5.41) is 3.03. The molecule has 1 aromatic carbocycles. The normalized spacial score (nSPS) is 10.3. The highest BCUT2D eigenvalue weighted by atomic mass is 19.1. The van der Waals surface area contributed by atoms with Crippen molar-refractivity contribution in [1.82, 2.24) is 9.97 Å². The highest BCUT2D eigenvalue weighted by molar-refractivity contribution is 5.54. The molecule has 1 aromatic heterocycles. The molecular formula is C13H15FN4. The number of nitrogens with zero attached hydrogens (tertiary/aromatic N) is 2. The smallest absolute Gasteiger partial charge is 0.227 e. The highest BCUT2D eigenvalue weighted by Gasteiger charge is 1.99. The number of halogens is 1. The van der Waals surface area contributed by atoms with Crippen LogP contribution in [-0.2, 0) is 6.42 Å². The lowest BCUT2D eigenvalue weighted by molar-refractivity contribution is 0.614. The zero-order valence-corrected chi connectivity index (χ0v) is 9.94. The van der Waals surface area contributed by atoms with Gasteiger partial charge in [0.25, 0.3) is 0 Å². The van der Waals surface area contributed by atoms with Crippen LogP contribution in [0.25, 0.3) is 0 Å². The molecule has 0 fully saturated rings. The fourth-order valence-electron chi connectivity index (χ4n) is 1.62. The van der Waals surface area contributed by atoms with Crippen LogP contribution in [0.4, 0.5) is 16.0 Å². The van der Waals surface area contributed by atoms with Crippen LogP contribution < -0.4 is 11.1 Å². The van der Waals surface area contributed by atoms with E-state index in [-0.39, 0.29) is 0 Å². The van der Waals surface area contributed by atoms with E-state index in [4.69, 9.17) is 5.73 Å². The number of hydrogen-bond donors (Lipinski definition) is 2. The summed E-state index contributed by atoms with van der Waals surface area (Å²) in [6, 6.07) is 7.94. The van der Waals surface area contributed by atoms with Crippen LogP contribution in [0.3, 0.4) is 0 Å². The lowest BCUT2D eigenvalue weighted by Crippen LogP contribution is -2.01. The van der Waals surface area contributed by atoms with Crippen LogP contribution >= 0.6 is 0 Å². The van der Waals surface area contributed by atoms with E-state index in [9.17, 15) is 4.39 Å². The number of hydrogen-bond acceptors (Lipinski definition) is 4. The Morgan fingerprint density at radius 3 is 2.72 bits per heavy atom. The first-order valence-corrected chi connectivity index (χ1v) is 5.81. The van der Waals surface area contributed by atoms with Crippen molar-refractivity contribution >= 4 is 11.6 Å². The second-order valence-corrected chi connectivity index (χ2v) is 3.94. The third-order valence-electron chi connectivity index (χ3n) is 2.47. The molecular weight excluding hydrogens is 231 g/mol. The van der Waals surface area contributed by atoms with Gasteiger partial charge in [0.1, 0.15) is 0 Å². The summed E-state index contributed by atoms with van der Waals surface area (Å²) in [5.74, 6) is -0.0652. The number of aromatic nitrogens is 2. The quantitative estimate of drug-likeness (QED) is 0.849. The van der Waals surface area contributed by atoms with Crippen LogP contribution in [0.2, 0.25) is 0 Å². The fraction of sp³-hybridized carbons (Fsp3) is 0.231. The number of rotatable bonds is 5. The van der Waals surface area contributed by atoms with Crippen molar-refractivity contribution in [3.8, 4) is 0 Å². The Morgan fingerprint density at radius 2 is 2.00 bits per heavy atom. The number of anilines is 2. The van der Waals surface area contributed by atoms with Crippen LogP contribution in [0, 0.1) is 5.82 Å². The lowest BCUT2D eigenvalue weighted by Gasteiger charge is -2.06. The van der Waals surface area contributed by atoms with Crippen molar-refractivity contribution in [3.05, 3.63) is 48.0 Å². The van der Waals surface area contributed by atoms with Gasteiger partial charge in [0.2, 0.25) is 5.95 Å². The molecule has 0 radical (unpaired) electrons. The van der Waals surface area contributed by atoms with E-state index in [1.165, 1.54) is 5.56 Å². The predicted molar refractivity (Wildman–Crippen MR) is 69.1 cm³/mol. The number of aryl methyl sites for hydroxylation is 1. The zero-order valence-electron chi connectivity index (χ0n) is 9.94. The molecule has 0 aliphatic heterocycles. The van der Waals surface area contributed by atoms with Gasteiger partial charge in [-0.15, -0.1) is 0 Å². The summed E-state index contributed by atoms with van der Waals surface area (Å²) < 4.78 is 12.7. The summed E-state index contributed by atoms with van der Waals surface area (Å²) in [7, 11) is 0. The maximum atomic E-state index is 12.7. The average molecular weight is 246 g/mol. The second kappa shape index (κ2) is 6.07. The molecule has 94 valence electrons. The van der Waals surface area contributed by atoms with E-state index in [0.29, 0.717) is 12.5 Å². The molecule has 18 heavy (non-hydrogen) atoms. The van der Waals surface area contributed by atoms with Crippen molar-refractivity contribution < 1.29 is 4.39 Å². The van der Waals surface area contributed by atoms with E-state index >= 15 is 0 Å². The van der Waals surface area contributed by atoms with Crippen molar-refractivity contribution in [1.29, 1.82) is 0 Å². The average Bonchev–Trinajstić information content (AvgIpc) is 2.40. The first-order chi connectivity index (χ1) is 8.78. The van der Waals surface area contributed by atoms with Gasteiger partial charge in [0.15, 0.2) is 5.82 Å². The third-order valence-corrected chi connectivity index (χ3v) is 2.47. The van der Waals surface area contributed by atoms with E-state index < -0.39 is 5.82 Å².